The van der Waals surface area contributed by atoms with E-state index in [0.29, 0.717) is 0 Å². The summed E-state index contributed by atoms with van der Waals surface area (Å²) < 4.78 is 13.7. The molecule has 0 unspecified atom stereocenters. The van der Waals surface area contributed by atoms with Crippen molar-refractivity contribution in [2.75, 3.05) is 0 Å². The minimum atomic E-state index is -0.240. The predicted molar refractivity (Wildman–Crippen MR) is 55.9 cm³/mol. The van der Waals surface area contributed by atoms with E-state index in [-0.39, 0.29) is 11.9 Å². The molecule has 1 aromatic carbocycles. The number of rotatable bonds is 3. The largest absolute Gasteiger partial charge is 0.324 e. The summed E-state index contributed by atoms with van der Waals surface area (Å²) in [6.45, 7) is 2.06. The van der Waals surface area contributed by atoms with Crippen LogP contribution in [-0.2, 0) is 0 Å². The van der Waals surface area contributed by atoms with Crippen molar-refractivity contribution in [3.05, 3.63) is 34.1 Å². The Hall–Kier alpha value is -0.410. The van der Waals surface area contributed by atoms with Gasteiger partial charge in [-0.05, 0) is 30.2 Å². The van der Waals surface area contributed by atoms with Crippen LogP contribution in [0.1, 0.15) is 31.4 Å². The van der Waals surface area contributed by atoms with Gasteiger partial charge in [-0.15, -0.1) is 0 Å². The van der Waals surface area contributed by atoms with Gasteiger partial charge in [0.2, 0.25) is 0 Å². The highest BCUT2D eigenvalue weighted by atomic mass is 79.9. The van der Waals surface area contributed by atoms with E-state index in [1.54, 1.807) is 0 Å². The minimum Gasteiger partial charge on any atom is -0.324 e. The number of hydrogen-bond donors (Lipinski definition) is 1. The van der Waals surface area contributed by atoms with Gasteiger partial charge in [0.05, 0.1) is 0 Å². The Kier molecular flexibility index (Phi) is 3.88. The van der Waals surface area contributed by atoms with Gasteiger partial charge in [-0.25, -0.2) is 4.39 Å². The zero-order valence-electron chi connectivity index (χ0n) is 7.56. The van der Waals surface area contributed by atoms with E-state index < -0.39 is 0 Å². The van der Waals surface area contributed by atoms with E-state index in [1.165, 1.54) is 12.1 Å². The zero-order chi connectivity index (χ0) is 9.84. The standard InChI is InChI=1S/C10H13BrFN/c1-2-3-10(13)7-4-8(11)6-9(12)5-7/h4-6,10H,2-3,13H2,1H3/t10-/m0/s1. The molecular weight excluding hydrogens is 233 g/mol. The average molecular weight is 246 g/mol. The maximum Gasteiger partial charge on any atom is 0.124 e. The Labute approximate surface area is 86.3 Å². The Bertz CT molecular complexity index is 268. The molecule has 0 heterocycles. The topological polar surface area (TPSA) is 26.0 Å². The lowest BCUT2D eigenvalue weighted by Crippen LogP contribution is -2.09. The summed E-state index contributed by atoms with van der Waals surface area (Å²) >= 11 is 3.24. The van der Waals surface area contributed by atoms with Crippen molar-refractivity contribution in [2.45, 2.75) is 25.8 Å². The highest BCUT2D eigenvalue weighted by Gasteiger charge is 2.06. The molecule has 0 amide bonds. The molecule has 0 aliphatic carbocycles. The Morgan fingerprint density at radius 1 is 1.46 bits per heavy atom. The van der Waals surface area contributed by atoms with Gasteiger partial charge in [0, 0.05) is 10.5 Å². The first kappa shape index (κ1) is 10.7. The van der Waals surface area contributed by atoms with Crippen molar-refractivity contribution in [1.82, 2.24) is 0 Å². The Morgan fingerprint density at radius 3 is 2.69 bits per heavy atom. The van der Waals surface area contributed by atoms with Crippen LogP contribution in [0.5, 0.6) is 0 Å². The molecule has 1 rings (SSSR count). The first-order chi connectivity index (χ1) is 6.13. The van der Waals surface area contributed by atoms with Gasteiger partial charge < -0.3 is 5.73 Å². The van der Waals surface area contributed by atoms with E-state index in [0.717, 1.165) is 22.9 Å². The van der Waals surface area contributed by atoms with Crippen LogP contribution in [0.4, 0.5) is 4.39 Å². The fourth-order valence-electron chi connectivity index (χ4n) is 1.27. The molecule has 3 heteroatoms. The number of nitrogens with two attached hydrogens (primary N) is 1. The summed E-state index contributed by atoms with van der Waals surface area (Å²) in [6, 6.07) is 4.73. The van der Waals surface area contributed by atoms with Crippen molar-refractivity contribution in [3.8, 4) is 0 Å². The van der Waals surface area contributed by atoms with E-state index in [1.807, 2.05) is 6.07 Å². The molecular formula is C10H13BrFN. The van der Waals surface area contributed by atoms with Crippen LogP contribution < -0.4 is 5.73 Å². The molecule has 1 nitrogen and oxygen atoms in total. The number of hydrogen-bond acceptors (Lipinski definition) is 1. The maximum atomic E-state index is 12.9. The second kappa shape index (κ2) is 4.72. The van der Waals surface area contributed by atoms with Gasteiger partial charge in [-0.2, -0.15) is 0 Å². The van der Waals surface area contributed by atoms with Gasteiger partial charge in [-0.1, -0.05) is 29.3 Å². The van der Waals surface area contributed by atoms with Crippen LogP contribution in [-0.4, -0.2) is 0 Å². The lowest BCUT2D eigenvalue weighted by Gasteiger charge is -2.10. The highest BCUT2D eigenvalue weighted by Crippen LogP contribution is 2.21. The minimum absolute atomic E-state index is 0.0583. The third-order valence-corrected chi connectivity index (χ3v) is 2.37. The molecule has 0 saturated heterocycles. The normalized spacial score (nSPS) is 12.9. The lowest BCUT2D eigenvalue weighted by molar-refractivity contribution is 0.604. The highest BCUT2D eigenvalue weighted by molar-refractivity contribution is 9.10. The quantitative estimate of drug-likeness (QED) is 0.869. The summed E-state index contributed by atoms with van der Waals surface area (Å²) in [5, 5.41) is 0. The van der Waals surface area contributed by atoms with Gasteiger partial charge in [-0.3, -0.25) is 0 Å². The van der Waals surface area contributed by atoms with E-state index in [4.69, 9.17) is 5.73 Å². The third-order valence-electron chi connectivity index (χ3n) is 1.91. The smallest absolute Gasteiger partial charge is 0.124 e. The van der Waals surface area contributed by atoms with Crippen molar-refractivity contribution >= 4 is 15.9 Å². The fraction of sp³-hybridized carbons (Fsp3) is 0.400. The summed E-state index contributed by atoms with van der Waals surface area (Å²) in [6.07, 6.45) is 1.89. The van der Waals surface area contributed by atoms with Crippen LogP contribution in [0.15, 0.2) is 22.7 Å². The Morgan fingerprint density at radius 2 is 2.15 bits per heavy atom. The van der Waals surface area contributed by atoms with Gasteiger partial charge in [0.25, 0.3) is 0 Å². The Balaban J connectivity index is 2.87. The monoisotopic (exact) mass is 245 g/mol. The number of benzene rings is 1. The summed E-state index contributed by atoms with van der Waals surface area (Å²) in [7, 11) is 0. The van der Waals surface area contributed by atoms with E-state index >= 15 is 0 Å². The molecule has 1 aromatic rings. The SMILES string of the molecule is CCC[C@H](N)c1cc(F)cc(Br)c1. The molecule has 0 spiro atoms. The predicted octanol–water partition coefficient (Wildman–Crippen LogP) is 3.39. The summed E-state index contributed by atoms with van der Waals surface area (Å²) in [4.78, 5) is 0. The van der Waals surface area contributed by atoms with Crippen LogP contribution in [0, 0.1) is 5.82 Å². The van der Waals surface area contributed by atoms with Gasteiger partial charge in [0.15, 0.2) is 0 Å². The molecule has 13 heavy (non-hydrogen) atoms. The average Bonchev–Trinajstić information content (AvgIpc) is 2.03. The molecule has 1 atom stereocenters. The first-order valence-electron chi connectivity index (χ1n) is 4.35. The second-order valence-corrected chi connectivity index (χ2v) is 4.01. The second-order valence-electron chi connectivity index (χ2n) is 3.10. The summed E-state index contributed by atoms with van der Waals surface area (Å²) in [5.74, 6) is -0.240. The molecule has 2 N–H and O–H groups in total. The lowest BCUT2D eigenvalue weighted by atomic mass is 10.0. The first-order valence-corrected chi connectivity index (χ1v) is 5.14. The molecule has 72 valence electrons. The van der Waals surface area contributed by atoms with Crippen LogP contribution in [0.25, 0.3) is 0 Å². The van der Waals surface area contributed by atoms with Crippen molar-refractivity contribution in [1.29, 1.82) is 0 Å². The number of halogens is 2. The zero-order valence-corrected chi connectivity index (χ0v) is 9.14. The van der Waals surface area contributed by atoms with Crippen LogP contribution >= 0.6 is 15.9 Å². The molecule has 0 aromatic heterocycles. The van der Waals surface area contributed by atoms with Gasteiger partial charge in [0.1, 0.15) is 5.82 Å². The van der Waals surface area contributed by atoms with Crippen LogP contribution in [0.2, 0.25) is 0 Å². The van der Waals surface area contributed by atoms with E-state index in [2.05, 4.69) is 22.9 Å². The fourth-order valence-corrected chi connectivity index (χ4v) is 1.75. The molecule has 0 aliphatic rings. The van der Waals surface area contributed by atoms with Crippen molar-refractivity contribution in [3.63, 3.8) is 0 Å². The molecule has 0 saturated carbocycles. The van der Waals surface area contributed by atoms with Crippen molar-refractivity contribution < 1.29 is 4.39 Å². The molecule has 0 radical (unpaired) electrons. The molecule has 0 aliphatic heterocycles. The molecule has 0 fully saturated rings. The van der Waals surface area contributed by atoms with Crippen LogP contribution in [0.3, 0.4) is 0 Å². The summed E-state index contributed by atoms with van der Waals surface area (Å²) in [5.41, 5.74) is 6.71. The van der Waals surface area contributed by atoms with Crippen molar-refractivity contribution in [2.24, 2.45) is 5.73 Å². The van der Waals surface area contributed by atoms with E-state index in [9.17, 15) is 4.39 Å². The molecule has 0 bridgehead atoms. The third kappa shape index (κ3) is 3.08. The maximum absolute atomic E-state index is 12.9. The van der Waals surface area contributed by atoms with Gasteiger partial charge >= 0.3 is 0 Å².